The van der Waals surface area contributed by atoms with Gasteiger partial charge < -0.3 is 10.1 Å². The Morgan fingerprint density at radius 2 is 2.11 bits per heavy atom. The molecule has 106 valence electrons. The van der Waals surface area contributed by atoms with Gasteiger partial charge in [-0.05, 0) is 56.8 Å². The summed E-state index contributed by atoms with van der Waals surface area (Å²) in [5.74, 6) is 0.839. The van der Waals surface area contributed by atoms with Gasteiger partial charge in [0.15, 0.2) is 0 Å². The number of nitrogens with one attached hydrogen (secondary N) is 1. The van der Waals surface area contributed by atoms with Gasteiger partial charge in [-0.2, -0.15) is 0 Å². The molecule has 1 N–H and O–H groups in total. The number of ether oxygens (including phenoxy) is 1. The van der Waals surface area contributed by atoms with E-state index in [0.717, 1.165) is 31.6 Å². The molecule has 0 amide bonds. The van der Waals surface area contributed by atoms with E-state index in [1.54, 1.807) is 0 Å². The molecule has 0 unspecified atom stereocenters. The summed E-state index contributed by atoms with van der Waals surface area (Å²) in [7, 11) is 0. The summed E-state index contributed by atoms with van der Waals surface area (Å²) in [6.45, 7) is 7.41. The van der Waals surface area contributed by atoms with Crippen LogP contribution in [0, 0.1) is 6.92 Å². The topological polar surface area (TPSA) is 21.3 Å². The normalized spacial score (nSPS) is 17.3. The fraction of sp³-hybridized carbons (Fsp3) is 0.625. The van der Waals surface area contributed by atoms with Gasteiger partial charge in [0.25, 0.3) is 0 Å². The molecule has 1 aromatic carbocycles. The van der Waals surface area contributed by atoms with Crippen molar-refractivity contribution in [2.45, 2.75) is 58.1 Å². The SMILES string of the molecule is Cc1ccc(Cl)c(OC2(CCNC(C)C)CCC2)c1. The molecule has 2 rings (SSSR count). The third-order valence-corrected chi connectivity index (χ3v) is 4.12. The first-order chi connectivity index (χ1) is 9.01. The Morgan fingerprint density at radius 1 is 1.37 bits per heavy atom. The zero-order valence-corrected chi connectivity index (χ0v) is 12.9. The van der Waals surface area contributed by atoms with Crippen LogP contribution >= 0.6 is 11.6 Å². The predicted molar refractivity (Wildman–Crippen MR) is 81.2 cm³/mol. The highest BCUT2D eigenvalue weighted by atomic mass is 35.5. The van der Waals surface area contributed by atoms with Gasteiger partial charge >= 0.3 is 0 Å². The van der Waals surface area contributed by atoms with Crippen molar-refractivity contribution in [1.29, 1.82) is 0 Å². The average molecular weight is 282 g/mol. The molecule has 1 saturated carbocycles. The van der Waals surface area contributed by atoms with Crippen LogP contribution < -0.4 is 10.1 Å². The molecule has 0 aliphatic heterocycles. The number of benzene rings is 1. The van der Waals surface area contributed by atoms with Gasteiger partial charge in [0.05, 0.1) is 5.02 Å². The smallest absolute Gasteiger partial charge is 0.138 e. The Kier molecular flexibility index (Phi) is 4.75. The van der Waals surface area contributed by atoms with Crippen LogP contribution in [0.1, 0.15) is 45.1 Å². The second kappa shape index (κ2) is 6.15. The summed E-state index contributed by atoms with van der Waals surface area (Å²) in [5.41, 5.74) is 1.19. The number of halogens is 1. The second-order valence-electron chi connectivity index (χ2n) is 5.93. The fourth-order valence-corrected chi connectivity index (χ4v) is 2.64. The predicted octanol–water partition coefficient (Wildman–Crippen LogP) is 4.34. The van der Waals surface area contributed by atoms with Crippen molar-refractivity contribution in [2.24, 2.45) is 0 Å². The molecule has 19 heavy (non-hydrogen) atoms. The summed E-state index contributed by atoms with van der Waals surface area (Å²) in [6, 6.07) is 6.51. The molecular formula is C16H24ClNO. The zero-order valence-electron chi connectivity index (χ0n) is 12.1. The van der Waals surface area contributed by atoms with Gasteiger partial charge in [0.2, 0.25) is 0 Å². The number of hydrogen-bond acceptors (Lipinski definition) is 2. The summed E-state index contributed by atoms with van der Waals surface area (Å²) >= 11 is 6.23. The number of hydrogen-bond donors (Lipinski definition) is 1. The van der Waals surface area contributed by atoms with E-state index >= 15 is 0 Å². The van der Waals surface area contributed by atoms with Crippen LogP contribution in [0.25, 0.3) is 0 Å². The molecule has 0 heterocycles. The number of rotatable bonds is 6. The van der Waals surface area contributed by atoms with E-state index < -0.39 is 0 Å². The van der Waals surface area contributed by atoms with E-state index in [4.69, 9.17) is 16.3 Å². The molecule has 1 aliphatic rings. The third kappa shape index (κ3) is 3.87. The summed E-state index contributed by atoms with van der Waals surface area (Å²) in [5, 5.41) is 4.18. The molecule has 0 spiro atoms. The van der Waals surface area contributed by atoms with Crippen molar-refractivity contribution in [3.63, 3.8) is 0 Å². The first-order valence-corrected chi connectivity index (χ1v) is 7.57. The van der Waals surface area contributed by atoms with Crippen molar-refractivity contribution in [2.75, 3.05) is 6.54 Å². The average Bonchev–Trinajstić information content (AvgIpc) is 2.30. The highest BCUT2D eigenvalue weighted by molar-refractivity contribution is 6.32. The van der Waals surface area contributed by atoms with Crippen molar-refractivity contribution < 1.29 is 4.74 Å². The lowest BCUT2D eigenvalue weighted by molar-refractivity contribution is -0.0145. The first-order valence-electron chi connectivity index (χ1n) is 7.19. The van der Waals surface area contributed by atoms with Crippen LogP contribution in [0.5, 0.6) is 5.75 Å². The van der Waals surface area contributed by atoms with Crippen molar-refractivity contribution in [3.05, 3.63) is 28.8 Å². The van der Waals surface area contributed by atoms with Crippen LogP contribution in [0.4, 0.5) is 0 Å². The molecule has 0 bridgehead atoms. The molecule has 1 fully saturated rings. The lowest BCUT2D eigenvalue weighted by Crippen LogP contribution is -2.46. The summed E-state index contributed by atoms with van der Waals surface area (Å²) < 4.78 is 6.26. The highest BCUT2D eigenvalue weighted by Gasteiger charge is 2.39. The molecule has 1 aromatic rings. The number of aryl methyl sites for hydroxylation is 1. The Morgan fingerprint density at radius 3 is 2.68 bits per heavy atom. The van der Waals surface area contributed by atoms with Crippen LogP contribution in [0.2, 0.25) is 5.02 Å². The maximum absolute atomic E-state index is 6.26. The van der Waals surface area contributed by atoms with Crippen LogP contribution in [0.15, 0.2) is 18.2 Å². The molecule has 1 aliphatic carbocycles. The maximum Gasteiger partial charge on any atom is 0.138 e. The Balaban J connectivity index is 1.99. The van der Waals surface area contributed by atoms with Gasteiger partial charge in [-0.15, -0.1) is 0 Å². The molecule has 0 aromatic heterocycles. The second-order valence-corrected chi connectivity index (χ2v) is 6.34. The largest absolute Gasteiger partial charge is 0.486 e. The maximum atomic E-state index is 6.26. The Labute approximate surface area is 121 Å². The van der Waals surface area contributed by atoms with E-state index in [1.165, 1.54) is 12.0 Å². The minimum Gasteiger partial charge on any atom is -0.486 e. The van der Waals surface area contributed by atoms with Crippen LogP contribution in [-0.4, -0.2) is 18.2 Å². The third-order valence-electron chi connectivity index (χ3n) is 3.81. The zero-order chi connectivity index (χ0) is 13.9. The van der Waals surface area contributed by atoms with Crippen molar-refractivity contribution in [1.82, 2.24) is 5.32 Å². The first kappa shape index (κ1) is 14.7. The van der Waals surface area contributed by atoms with Crippen molar-refractivity contribution in [3.8, 4) is 5.75 Å². The Hall–Kier alpha value is -0.730. The standard InChI is InChI=1S/C16H24ClNO/c1-12(2)18-10-9-16(7-4-8-16)19-15-11-13(3)5-6-14(15)17/h5-6,11-12,18H,4,7-10H2,1-3H3. The van der Waals surface area contributed by atoms with E-state index in [9.17, 15) is 0 Å². The molecule has 3 heteroatoms. The minimum absolute atomic E-state index is 0.000671. The van der Waals surface area contributed by atoms with Crippen LogP contribution in [0.3, 0.4) is 0 Å². The van der Waals surface area contributed by atoms with E-state index in [1.807, 2.05) is 18.2 Å². The van der Waals surface area contributed by atoms with Gasteiger partial charge in [0, 0.05) is 6.04 Å². The van der Waals surface area contributed by atoms with Crippen LogP contribution in [-0.2, 0) is 0 Å². The van der Waals surface area contributed by atoms with Gasteiger partial charge in [-0.3, -0.25) is 0 Å². The van der Waals surface area contributed by atoms with E-state index in [-0.39, 0.29) is 5.60 Å². The Bertz CT molecular complexity index is 427. The summed E-state index contributed by atoms with van der Waals surface area (Å²) in [4.78, 5) is 0. The molecule has 0 radical (unpaired) electrons. The summed E-state index contributed by atoms with van der Waals surface area (Å²) in [6.07, 6.45) is 4.58. The monoisotopic (exact) mass is 281 g/mol. The quantitative estimate of drug-likeness (QED) is 0.838. The fourth-order valence-electron chi connectivity index (χ4n) is 2.48. The van der Waals surface area contributed by atoms with Gasteiger partial charge in [-0.25, -0.2) is 0 Å². The van der Waals surface area contributed by atoms with E-state index in [2.05, 4.69) is 26.1 Å². The molecule has 0 saturated heterocycles. The highest BCUT2D eigenvalue weighted by Crippen LogP contribution is 2.41. The lowest BCUT2D eigenvalue weighted by Gasteiger charge is -2.42. The minimum atomic E-state index is -0.000671. The van der Waals surface area contributed by atoms with Gasteiger partial charge in [0.1, 0.15) is 11.4 Å². The lowest BCUT2D eigenvalue weighted by atomic mass is 9.77. The van der Waals surface area contributed by atoms with Crippen molar-refractivity contribution >= 4 is 11.6 Å². The van der Waals surface area contributed by atoms with E-state index in [0.29, 0.717) is 11.1 Å². The molecule has 0 atom stereocenters. The molecular weight excluding hydrogens is 258 g/mol. The molecule has 2 nitrogen and oxygen atoms in total. The van der Waals surface area contributed by atoms with Gasteiger partial charge in [-0.1, -0.05) is 31.5 Å².